The zero-order valence-corrected chi connectivity index (χ0v) is 17.5. The van der Waals surface area contributed by atoms with E-state index in [1.165, 1.54) is 0 Å². The van der Waals surface area contributed by atoms with Crippen molar-refractivity contribution in [1.29, 1.82) is 0 Å². The van der Waals surface area contributed by atoms with Gasteiger partial charge in [0.05, 0.1) is 13.7 Å². The van der Waals surface area contributed by atoms with Gasteiger partial charge in [0.2, 0.25) is 0 Å². The third-order valence-electron chi connectivity index (χ3n) is 4.43. The lowest BCUT2D eigenvalue weighted by molar-refractivity contribution is 0.269. The fourth-order valence-electron chi connectivity index (χ4n) is 3.03. The van der Waals surface area contributed by atoms with Crippen molar-refractivity contribution in [3.63, 3.8) is 0 Å². The van der Waals surface area contributed by atoms with Crippen LogP contribution in [0.1, 0.15) is 23.6 Å². The fourth-order valence-corrected chi connectivity index (χ4v) is 3.24. The molecule has 0 atom stereocenters. The Morgan fingerprint density at radius 1 is 0.793 bits per heavy atom. The zero-order chi connectivity index (χ0) is 20.5. The Morgan fingerprint density at radius 2 is 1.66 bits per heavy atom. The molecule has 0 fully saturated rings. The van der Waals surface area contributed by atoms with Crippen LogP contribution < -0.4 is 19.5 Å². The van der Waals surface area contributed by atoms with Crippen LogP contribution in [-0.2, 0) is 19.7 Å². The Kier molecular flexibility index (Phi) is 7.79. The highest BCUT2D eigenvalue weighted by atomic mass is 35.5. The molecule has 0 aliphatic rings. The molecule has 3 aromatic rings. The van der Waals surface area contributed by atoms with Crippen molar-refractivity contribution in [2.75, 3.05) is 13.7 Å². The molecule has 0 spiro atoms. The van der Waals surface area contributed by atoms with Crippen LogP contribution in [0.5, 0.6) is 17.2 Å². The van der Waals surface area contributed by atoms with Crippen LogP contribution >= 0.6 is 11.6 Å². The molecule has 0 heterocycles. The van der Waals surface area contributed by atoms with Crippen LogP contribution in [0.4, 0.5) is 0 Å². The minimum absolute atomic E-state index is 0.437. The van der Waals surface area contributed by atoms with Crippen LogP contribution in [-0.4, -0.2) is 13.7 Å². The molecule has 0 bridgehead atoms. The fraction of sp³-hybridized carbons (Fsp3) is 0.250. The van der Waals surface area contributed by atoms with E-state index >= 15 is 0 Å². The maximum Gasteiger partial charge on any atom is 0.161 e. The SMILES string of the molecule is CCOc1cc(CNCc2ccccc2OC)ccc1OCc1cccc(Cl)c1. The van der Waals surface area contributed by atoms with Gasteiger partial charge >= 0.3 is 0 Å². The van der Waals surface area contributed by atoms with Crippen molar-refractivity contribution in [3.05, 3.63) is 88.4 Å². The first kappa shape index (κ1) is 21.0. The van der Waals surface area contributed by atoms with Gasteiger partial charge in [0.25, 0.3) is 0 Å². The van der Waals surface area contributed by atoms with Gasteiger partial charge in [-0.25, -0.2) is 0 Å². The Labute approximate surface area is 177 Å². The lowest BCUT2D eigenvalue weighted by Gasteiger charge is -2.14. The van der Waals surface area contributed by atoms with Gasteiger partial charge in [-0.15, -0.1) is 0 Å². The van der Waals surface area contributed by atoms with Crippen LogP contribution in [0.2, 0.25) is 5.02 Å². The van der Waals surface area contributed by atoms with Crippen molar-refractivity contribution in [2.24, 2.45) is 0 Å². The van der Waals surface area contributed by atoms with Crippen LogP contribution in [0.15, 0.2) is 66.7 Å². The smallest absolute Gasteiger partial charge is 0.161 e. The van der Waals surface area contributed by atoms with Gasteiger partial charge in [0.15, 0.2) is 11.5 Å². The molecule has 0 aromatic heterocycles. The number of nitrogens with one attached hydrogen (secondary N) is 1. The standard InChI is InChI=1S/C24H26ClNO3/c1-3-28-24-14-18(15-26-16-20-8-4-5-10-22(20)27-2)11-12-23(24)29-17-19-7-6-9-21(25)13-19/h4-14,26H,3,15-17H2,1-2H3. The van der Waals surface area contributed by atoms with E-state index in [0.29, 0.717) is 24.8 Å². The number of methoxy groups -OCH3 is 1. The van der Waals surface area contributed by atoms with E-state index in [9.17, 15) is 0 Å². The first-order valence-electron chi connectivity index (χ1n) is 9.65. The molecule has 1 N–H and O–H groups in total. The molecule has 0 unspecified atom stereocenters. The average molecular weight is 412 g/mol. The van der Waals surface area contributed by atoms with E-state index in [2.05, 4.69) is 11.4 Å². The predicted octanol–water partition coefficient (Wildman–Crippen LogP) is 5.62. The number of hydrogen-bond donors (Lipinski definition) is 1. The normalized spacial score (nSPS) is 10.6. The molecule has 0 saturated heterocycles. The summed E-state index contributed by atoms with van der Waals surface area (Å²) in [6, 6.07) is 21.7. The number of rotatable bonds is 10. The highest BCUT2D eigenvalue weighted by Crippen LogP contribution is 2.29. The maximum atomic E-state index is 6.05. The molecule has 0 radical (unpaired) electrons. The monoisotopic (exact) mass is 411 g/mol. The molecule has 29 heavy (non-hydrogen) atoms. The molecule has 0 saturated carbocycles. The van der Waals surface area contributed by atoms with Gasteiger partial charge < -0.3 is 19.5 Å². The highest BCUT2D eigenvalue weighted by molar-refractivity contribution is 6.30. The molecule has 3 rings (SSSR count). The van der Waals surface area contributed by atoms with Crippen molar-refractivity contribution in [1.82, 2.24) is 5.32 Å². The highest BCUT2D eigenvalue weighted by Gasteiger charge is 2.08. The summed E-state index contributed by atoms with van der Waals surface area (Å²) in [5, 5.41) is 4.16. The van der Waals surface area contributed by atoms with E-state index in [1.807, 2.05) is 67.6 Å². The van der Waals surface area contributed by atoms with E-state index < -0.39 is 0 Å². The molecule has 3 aromatic carbocycles. The van der Waals surface area contributed by atoms with Crippen molar-refractivity contribution < 1.29 is 14.2 Å². The Balaban J connectivity index is 1.62. The van der Waals surface area contributed by atoms with Crippen molar-refractivity contribution in [3.8, 4) is 17.2 Å². The van der Waals surface area contributed by atoms with Gasteiger partial charge in [0, 0.05) is 23.7 Å². The molecule has 152 valence electrons. The quantitative estimate of drug-likeness (QED) is 0.470. The maximum absolute atomic E-state index is 6.05. The average Bonchev–Trinajstić information content (AvgIpc) is 2.74. The van der Waals surface area contributed by atoms with E-state index in [0.717, 1.165) is 40.5 Å². The Morgan fingerprint density at radius 3 is 2.45 bits per heavy atom. The van der Waals surface area contributed by atoms with Crippen LogP contribution in [0.3, 0.4) is 0 Å². The van der Waals surface area contributed by atoms with Crippen molar-refractivity contribution in [2.45, 2.75) is 26.6 Å². The van der Waals surface area contributed by atoms with Crippen molar-refractivity contribution >= 4 is 11.6 Å². The zero-order valence-electron chi connectivity index (χ0n) is 16.8. The molecule has 0 aliphatic carbocycles. The Hall–Kier alpha value is -2.69. The summed E-state index contributed by atoms with van der Waals surface area (Å²) in [5.41, 5.74) is 3.27. The summed E-state index contributed by atoms with van der Waals surface area (Å²) >= 11 is 6.05. The van der Waals surface area contributed by atoms with Crippen LogP contribution in [0.25, 0.3) is 0 Å². The van der Waals surface area contributed by atoms with E-state index in [4.69, 9.17) is 25.8 Å². The number of benzene rings is 3. The van der Waals surface area contributed by atoms with Gasteiger partial charge in [0.1, 0.15) is 12.4 Å². The lowest BCUT2D eigenvalue weighted by atomic mass is 10.1. The summed E-state index contributed by atoms with van der Waals surface area (Å²) in [6.45, 7) is 4.42. The number of para-hydroxylation sites is 1. The molecule has 0 aliphatic heterocycles. The van der Waals surface area contributed by atoms with Gasteiger partial charge in [-0.05, 0) is 48.4 Å². The van der Waals surface area contributed by atoms with Gasteiger partial charge in [-0.2, -0.15) is 0 Å². The minimum Gasteiger partial charge on any atom is -0.496 e. The second-order valence-corrected chi connectivity index (χ2v) is 6.98. The Bertz CT molecular complexity index is 930. The molecular formula is C24H26ClNO3. The topological polar surface area (TPSA) is 39.7 Å². The van der Waals surface area contributed by atoms with E-state index in [1.54, 1.807) is 7.11 Å². The minimum atomic E-state index is 0.437. The molecule has 5 heteroatoms. The van der Waals surface area contributed by atoms with E-state index in [-0.39, 0.29) is 0 Å². The summed E-state index contributed by atoms with van der Waals surface area (Å²) in [4.78, 5) is 0. The van der Waals surface area contributed by atoms with Crippen LogP contribution in [0, 0.1) is 0 Å². The summed E-state index contributed by atoms with van der Waals surface area (Å²) in [7, 11) is 1.69. The third kappa shape index (κ3) is 6.14. The second-order valence-electron chi connectivity index (χ2n) is 6.55. The van der Waals surface area contributed by atoms with Gasteiger partial charge in [-0.1, -0.05) is 48.0 Å². The predicted molar refractivity (Wildman–Crippen MR) is 117 cm³/mol. The summed E-state index contributed by atoms with van der Waals surface area (Å²) in [5.74, 6) is 2.35. The first-order valence-corrected chi connectivity index (χ1v) is 10.0. The third-order valence-corrected chi connectivity index (χ3v) is 4.66. The lowest BCUT2D eigenvalue weighted by Crippen LogP contribution is -2.13. The first-order chi connectivity index (χ1) is 14.2. The number of halogens is 1. The number of ether oxygens (including phenoxy) is 3. The summed E-state index contributed by atoms with van der Waals surface area (Å²) in [6.07, 6.45) is 0. The number of hydrogen-bond acceptors (Lipinski definition) is 4. The van der Waals surface area contributed by atoms with Gasteiger partial charge in [-0.3, -0.25) is 0 Å². The molecule has 0 amide bonds. The molecule has 4 nitrogen and oxygen atoms in total. The largest absolute Gasteiger partial charge is 0.496 e. The molecular weight excluding hydrogens is 386 g/mol. The second kappa shape index (κ2) is 10.7. The summed E-state index contributed by atoms with van der Waals surface area (Å²) < 4.78 is 17.2.